The highest BCUT2D eigenvalue weighted by atomic mass is 35.5. The predicted molar refractivity (Wildman–Crippen MR) is 83.6 cm³/mol. The lowest BCUT2D eigenvalue weighted by molar-refractivity contribution is 0.208. The Morgan fingerprint density at radius 3 is 3.04 bits per heavy atom. The molecule has 0 radical (unpaired) electrons. The molecule has 1 aliphatic heterocycles. The van der Waals surface area contributed by atoms with Gasteiger partial charge in [-0.1, -0.05) is 18.2 Å². The fourth-order valence-corrected chi connectivity index (χ4v) is 2.62. The van der Waals surface area contributed by atoms with Crippen LogP contribution in [-0.4, -0.2) is 37.4 Å². The molecule has 4 rings (SSSR count). The third-order valence-corrected chi connectivity index (χ3v) is 3.84. The van der Waals surface area contributed by atoms with Crippen LogP contribution in [0, 0.1) is 0 Å². The maximum Gasteiger partial charge on any atom is 0.228 e. The number of aromatic nitrogens is 5. The first-order valence-electron chi connectivity index (χ1n) is 7.02. The number of hydrogen-bond acceptors (Lipinski definition) is 6. The second-order valence-corrected chi connectivity index (χ2v) is 5.40. The van der Waals surface area contributed by atoms with Gasteiger partial charge in [0.2, 0.25) is 5.88 Å². The van der Waals surface area contributed by atoms with E-state index in [4.69, 9.17) is 21.1 Å². The summed E-state index contributed by atoms with van der Waals surface area (Å²) in [6, 6.07) is 3.50. The molecular formula is C15H12ClN5O2. The van der Waals surface area contributed by atoms with Crippen LogP contribution < -0.4 is 4.74 Å². The second-order valence-electron chi connectivity index (χ2n) is 4.99. The lowest BCUT2D eigenvalue weighted by Gasteiger charge is -2.12. The summed E-state index contributed by atoms with van der Waals surface area (Å²) in [5.41, 5.74) is 0.570. The smallest absolute Gasteiger partial charge is 0.228 e. The van der Waals surface area contributed by atoms with Gasteiger partial charge in [-0.2, -0.15) is 9.78 Å². The molecule has 1 fully saturated rings. The van der Waals surface area contributed by atoms with Crippen LogP contribution in [0.2, 0.25) is 5.02 Å². The molecule has 3 aromatic heterocycles. The monoisotopic (exact) mass is 329 g/mol. The maximum atomic E-state index is 6.19. The van der Waals surface area contributed by atoms with Crippen molar-refractivity contribution in [3.8, 4) is 11.7 Å². The zero-order valence-corrected chi connectivity index (χ0v) is 12.8. The molecule has 0 saturated carbocycles. The third kappa shape index (κ3) is 2.39. The summed E-state index contributed by atoms with van der Waals surface area (Å²) in [6.07, 6.45) is 5.23. The van der Waals surface area contributed by atoms with Crippen molar-refractivity contribution in [2.75, 3.05) is 6.61 Å². The minimum Gasteiger partial charge on any atom is -0.494 e. The number of nitrogens with zero attached hydrogens (tertiary/aromatic N) is 5. The highest BCUT2D eigenvalue weighted by Gasteiger charge is 2.25. The fourth-order valence-electron chi connectivity index (χ4n) is 2.42. The summed E-state index contributed by atoms with van der Waals surface area (Å²) >= 11 is 6.19. The van der Waals surface area contributed by atoms with E-state index < -0.39 is 0 Å². The summed E-state index contributed by atoms with van der Waals surface area (Å²) in [5.74, 6) is 1.55. The molecular weight excluding hydrogens is 318 g/mol. The molecule has 0 N–H and O–H groups in total. The first-order chi connectivity index (χ1) is 11.2. The number of hydrogen-bond donors (Lipinski definition) is 0. The number of ether oxygens (including phenoxy) is 2. The average Bonchev–Trinajstić information content (AvgIpc) is 3.15. The summed E-state index contributed by atoms with van der Waals surface area (Å²) in [5, 5.41) is 5.47. The van der Waals surface area contributed by atoms with E-state index in [9.17, 15) is 0 Å². The van der Waals surface area contributed by atoms with Crippen molar-refractivity contribution in [2.24, 2.45) is 0 Å². The van der Waals surface area contributed by atoms with Gasteiger partial charge in [0.15, 0.2) is 17.6 Å². The molecule has 0 amide bonds. The van der Waals surface area contributed by atoms with Gasteiger partial charge < -0.3 is 9.47 Å². The van der Waals surface area contributed by atoms with Gasteiger partial charge in [-0.25, -0.2) is 15.0 Å². The number of rotatable bonds is 3. The van der Waals surface area contributed by atoms with Crippen LogP contribution in [0.1, 0.15) is 6.42 Å². The molecule has 0 spiro atoms. The van der Waals surface area contributed by atoms with Crippen LogP contribution in [0.15, 0.2) is 43.2 Å². The van der Waals surface area contributed by atoms with Gasteiger partial charge >= 0.3 is 0 Å². The van der Waals surface area contributed by atoms with E-state index in [2.05, 4.69) is 26.6 Å². The van der Waals surface area contributed by atoms with Crippen molar-refractivity contribution < 1.29 is 9.47 Å². The minimum atomic E-state index is -0.213. The van der Waals surface area contributed by atoms with Crippen LogP contribution in [0.4, 0.5) is 0 Å². The first-order valence-corrected chi connectivity index (χ1v) is 7.39. The van der Waals surface area contributed by atoms with E-state index in [1.165, 1.54) is 6.33 Å². The van der Waals surface area contributed by atoms with Crippen LogP contribution in [0.25, 0.3) is 16.9 Å². The minimum absolute atomic E-state index is 0.213. The maximum absolute atomic E-state index is 6.19. The van der Waals surface area contributed by atoms with E-state index in [1.54, 1.807) is 29.2 Å². The Hall–Kier alpha value is -2.67. The van der Waals surface area contributed by atoms with Crippen molar-refractivity contribution in [3.63, 3.8) is 0 Å². The van der Waals surface area contributed by atoms with Crippen LogP contribution in [0.3, 0.4) is 0 Å². The summed E-state index contributed by atoms with van der Waals surface area (Å²) in [7, 11) is 0. The Morgan fingerprint density at radius 1 is 1.35 bits per heavy atom. The van der Waals surface area contributed by atoms with E-state index in [-0.39, 0.29) is 6.10 Å². The number of halogens is 1. The molecule has 1 atom stereocenters. The molecule has 1 aliphatic rings. The highest BCUT2D eigenvalue weighted by molar-refractivity contribution is 6.32. The largest absolute Gasteiger partial charge is 0.494 e. The highest BCUT2D eigenvalue weighted by Crippen LogP contribution is 2.28. The summed E-state index contributed by atoms with van der Waals surface area (Å²) in [4.78, 5) is 12.7. The van der Waals surface area contributed by atoms with Crippen LogP contribution in [-0.2, 0) is 4.74 Å². The molecule has 0 aliphatic carbocycles. The zero-order valence-electron chi connectivity index (χ0n) is 12.0. The van der Waals surface area contributed by atoms with Gasteiger partial charge in [-0.05, 0) is 12.1 Å². The molecule has 3 aromatic rings. The lowest BCUT2D eigenvalue weighted by atomic mass is 10.3. The lowest BCUT2D eigenvalue weighted by Crippen LogP contribution is -2.14. The van der Waals surface area contributed by atoms with Crippen molar-refractivity contribution in [2.45, 2.75) is 12.5 Å². The molecule has 1 unspecified atom stereocenters. The van der Waals surface area contributed by atoms with Gasteiger partial charge in [0.05, 0.1) is 17.8 Å². The molecule has 23 heavy (non-hydrogen) atoms. The molecule has 4 heterocycles. The van der Waals surface area contributed by atoms with E-state index in [1.807, 2.05) is 0 Å². The first kappa shape index (κ1) is 14.0. The molecule has 1 saturated heterocycles. The Kier molecular flexibility index (Phi) is 3.34. The van der Waals surface area contributed by atoms with Crippen molar-refractivity contribution in [1.82, 2.24) is 24.7 Å². The van der Waals surface area contributed by atoms with Gasteiger partial charge in [0, 0.05) is 12.6 Å². The van der Waals surface area contributed by atoms with Gasteiger partial charge in [-0.3, -0.25) is 0 Å². The molecule has 116 valence electrons. The van der Waals surface area contributed by atoms with Gasteiger partial charge in [0.25, 0.3) is 0 Å². The zero-order chi connectivity index (χ0) is 15.8. The Bertz CT molecular complexity index is 894. The SMILES string of the molecule is C=C1OCCC1Oc1ncnc2c1cnn2-c1ncccc1Cl. The predicted octanol–water partition coefficient (Wildman–Crippen LogP) is 2.55. The topological polar surface area (TPSA) is 75.0 Å². The standard InChI is InChI=1S/C15H12ClN5O2/c1-9-12(4-6-22-9)23-15-10-7-20-21(13(10)18-8-19-15)14-11(16)3-2-5-17-14/h2-3,5,7-8,12H,1,4,6H2. The summed E-state index contributed by atoms with van der Waals surface area (Å²) < 4.78 is 12.8. The molecule has 7 nitrogen and oxygen atoms in total. The van der Waals surface area contributed by atoms with E-state index in [0.29, 0.717) is 40.1 Å². The van der Waals surface area contributed by atoms with Crippen molar-refractivity contribution in [3.05, 3.63) is 48.2 Å². The van der Waals surface area contributed by atoms with Crippen molar-refractivity contribution >= 4 is 22.6 Å². The molecule has 8 heteroatoms. The summed E-state index contributed by atoms with van der Waals surface area (Å²) in [6.45, 7) is 4.44. The second kappa shape index (κ2) is 5.51. The quantitative estimate of drug-likeness (QED) is 0.735. The van der Waals surface area contributed by atoms with Gasteiger partial charge in [0.1, 0.15) is 17.5 Å². The normalized spacial score (nSPS) is 17.4. The van der Waals surface area contributed by atoms with Crippen molar-refractivity contribution in [1.29, 1.82) is 0 Å². The van der Waals surface area contributed by atoms with Crippen LogP contribution in [0.5, 0.6) is 5.88 Å². The number of pyridine rings is 1. The fraction of sp³-hybridized carbons (Fsp3) is 0.200. The molecule has 0 bridgehead atoms. The Morgan fingerprint density at radius 2 is 2.26 bits per heavy atom. The Balaban J connectivity index is 1.78. The van der Waals surface area contributed by atoms with E-state index >= 15 is 0 Å². The van der Waals surface area contributed by atoms with Crippen LogP contribution >= 0.6 is 11.6 Å². The third-order valence-electron chi connectivity index (χ3n) is 3.55. The number of fused-ring (bicyclic) bond motifs is 1. The molecule has 0 aromatic carbocycles. The average molecular weight is 330 g/mol. The van der Waals surface area contributed by atoms with E-state index in [0.717, 1.165) is 6.42 Å². The Labute approximate surface area is 136 Å². The van der Waals surface area contributed by atoms with Gasteiger partial charge in [-0.15, -0.1) is 0 Å².